The van der Waals surface area contributed by atoms with Crippen molar-refractivity contribution in [3.05, 3.63) is 54.0 Å². The molecule has 0 saturated carbocycles. The van der Waals surface area contributed by atoms with Crippen LogP contribution in [0.15, 0.2) is 42.6 Å². The molecule has 8 nitrogen and oxygen atoms in total. The molecule has 0 atom stereocenters. The van der Waals surface area contributed by atoms with Gasteiger partial charge in [0.1, 0.15) is 11.6 Å². The third kappa shape index (κ3) is 3.80. The van der Waals surface area contributed by atoms with Gasteiger partial charge in [-0.3, -0.25) is 0 Å². The van der Waals surface area contributed by atoms with Crippen molar-refractivity contribution in [1.82, 2.24) is 15.0 Å². The highest BCUT2D eigenvalue weighted by atomic mass is 16.5. The topological polar surface area (TPSA) is 103 Å². The van der Waals surface area contributed by atoms with E-state index in [2.05, 4.69) is 19.9 Å². The molecule has 2 aromatic heterocycles. The lowest BCUT2D eigenvalue weighted by Crippen LogP contribution is -2.36. The summed E-state index contributed by atoms with van der Waals surface area (Å²) in [5.74, 6) is 1.06. The lowest BCUT2D eigenvalue weighted by molar-refractivity contribution is 0.0462. The minimum Gasteiger partial charge on any atom is -0.454 e. The van der Waals surface area contributed by atoms with E-state index in [0.29, 0.717) is 35.9 Å². The molecule has 1 aliphatic heterocycles. The second-order valence-electron chi connectivity index (χ2n) is 6.12. The van der Waals surface area contributed by atoms with Gasteiger partial charge in [-0.2, -0.15) is 0 Å². The van der Waals surface area contributed by atoms with E-state index in [1.807, 2.05) is 30.3 Å². The molecule has 1 aromatic carbocycles. The SMILES string of the molecule is Nc1nc(COC(=O)c2ccc(N3CCOCC3)nc2)nc2ccccc12. The number of hydrogen-bond acceptors (Lipinski definition) is 8. The summed E-state index contributed by atoms with van der Waals surface area (Å²) < 4.78 is 10.6. The number of rotatable bonds is 4. The number of nitrogen functional groups attached to an aromatic ring is 1. The highest BCUT2D eigenvalue weighted by Gasteiger charge is 2.14. The Bertz CT molecular complexity index is 955. The van der Waals surface area contributed by atoms with Gasteiger partial charge in [0.25, 0.3) is 0 Å². The Balaban J connectivity index is 1.42. The summed E-state index contributed by atoms with van der Waals surface area (Å²) in [4.78, 5) is 27.3. The molecule has 0 unspecified atom stereocenters. The van der Waals surface area contributed by atoms with Crippen LogP contribution in [0.5, 0.6) is 0 Å². The Morgan fingerprint density at radius 2 is 1.96 bits per heavy atom. The van der Waals surface area contributed by atoms with Gasteiger partial charge in [0.2, 0.25) is 0 Å². The normalized spacial score (nSPS) is 14.3. The molecule has 3 aromatic rings. The molecule has 3 heterocycles. The first-order valence-corrected chi connectivity index (χ1v) is 8.68. The molecule has 8 heteroatoms. The molecule has 0 radical (unpaired) electrons. The average molecular weight is 365 g/mol. The van der Waals surface area contributed by atoms with E-state index in [0.717, 1.165) is 24.3 Å². The number of carbonyl (C=O) groups excluding carboxylic acids is 1. The van der Waals surface area contributed by atoms with E-state index in [4.69, 9.17) is 15.2 Å². The standard InChI is InChI=1S/C19H19N5O3/c20-18-14-3-1-2-4-15(14)22-16(23-18)12-27-19(25)13-5-6-17(21-11-13)24-7-9-26-10-8-24/h1-6,11H,7-10,12H2,(H2,20,22,23). The molecule has 2 N–H and O–H groups in total. The Morgan fingerprint density at radius 1 is 1.15 bits per heavy atom. The van der Waals surface area contributed by atoms with Gasteiger partial charge in [0, 0.05) is 24.7 Å². The Labute approximate surface area is 156 Å². The number of ether oxygens (including phenoxy) is 2. The number of nitrogens with two attached hydrogens (primary N) is 1. The zero-order valence-corrected chi connectivity index (χ0v) is 14.7. The summed E-state index contributed by atoms with van der Waals surface area (Å²) in [6.45, 7) is 2.88. The Morgan fingerprint density at radius 3 is 2.74 bits per heavy atom. The van der Waals surface area contributed by atoms with Gasteiger partial charge in [0.15, 0.2) is 12.4 Å². The number of benzene rings is 1. The molecule has 0 aliphatic carbocycles. The van der Waals surface area contributed by atoms with E-state index < -0.39 is 5.97 Å². The van der Waals surface area contributed by atoms with Gasteiger partial charge in [-0.15, -0.1) is 0 Å². The van der Waals surface area contributed by atoms with Crippen LogP contribution in [0.25, 0.3) is 10.9 Å². The number of hydrogen-bond donors (Lipinski definition) is 1. The monoisotopic (exact) mass is 365 g/mol. The van der Waals surface area contributed by atoms with Crippen molar-refractivity contribution in [2.75, 3.05) is 36.9 Å². The lowest BCUT2D eigenvalue weighted by atomic mass is 10.2. The molecule has 138 valence electrons. The molecule has 4 rings (SSSR count). The molecule has 0 bridgehead atoms. The average Bonchev–Trinajstić information content (AvgIpc) is 2.73. The first-order valence-electron chi connectivity index (χ1n) is 8.68. The zero-order valence-electron chi connectivity index (χ0n) is 14.7. The fraction of sp³-hybridized carbons (Fsp3) is 0.263. The van der Waals surface area contributed by atoms with Crippen molar-refractivity contribution in [3.8, 4) is 0 Å². The third-order valence-corrected chi connectivity index (χ3v) is 4.33. The number of pyridine rings is 1. The summed E-state index contributed by atoms with van der Waals surface area (Å²) in [7, 11) is 0. The van der Waals surface area contributed by atoms with Crippen LogP contribution in [0.2, 0.25) is 0 Å². The number of carbonyl (C=O) groups is 1. The minimum atomic E-state index is -0.480. The highest BCUT2D eigenvalue weighted by molar-refractivity contribution is 5.89. The maximum absolute atomic E-state index is 12.3. The van der Waals surface area contributed by atoms with Crippen LogP contribution >= 0.6 is 0 Å². The van der Waals surface area contributed by atoms with Gasteiger partial charge in [-0.05, 0) is 24.3 Å². The van der Waals surface area contributed by atoms with E-state index in [9.17, 15) is 4.79 Å². The maximum atomic E-state index is 12.3. The first-order chi connectivity index (χ1) is 13.2. The number of morpholine rings is 1. The van der Waals surface area contributed by atoms with Crippen molar-refractivity contribution < 1.29 is 14.3 Å². The van der Waals surface area contributed by atoms with E-state index in [-0.39, 0.29) is 6.61 Å². The van der Waals surface area contributed by atoms with Crippen molar-refractivity contribution in [1.29, 1.82) is 0 Å². The van der Waals surface area contributed by atoms with Crippen LogP contribution in [-0.4, -0.2) is 47.2 Å². The Kier molecular flexibility index (Phi) is 4.80. The Hall–Kier alpha value is -3.26. The van der Waals surface area contributed by atoms with Gasteiger partial charge < -0.3 is 20.1 Å². The molecule has 27 heavy (non-hydrogen) atoms. The van der Waals surface area contributed by atoms with Gasteiger partial charge in [-0.1, -0.05) is 12.1 Å². The summed E-state index contributed by atoms with van der Waals surface area (Å²) in [6, 6.07) is 10.9. The molecule has 1 saturated heterocycles. The fourth-order valence-corrected chi connectivity index (χ4v) is 2.92. The van der Waals surface area contributed by atoms with Crippen LogP contribution in [0, 0.1) is 0 Å². The van der Waals surface area contributed by atoms with Gasteiger partial charge in [0.05, 0.1) is 24.3 Å². The molecule has 1 fully saturated rings. The molecule has 1 aliphatic rings. The zero-order chi connectivity index (χ0) is 18.6. The van der Waals surface area contributed by atoms with Crippen LogP contribution in [0.3, 0.4) is 0 Å². The van der Waals surface area contributed by atoms with Crippen LogP contribution < -0.4 is 10.6 Å². The predicted octanol–water partition coefficient (Wildman–Crippen LogP) is 1.80. The van der Waals surface area contributed by atoms with Crippen LogP contribution in [0.1, 0.15) is 16.2 Å². The number of fused-ring (bicyclic) bond motifs is 1. The van der Waals surface area contributed by atoms with E-state index >= 15 is 0 Å². The second-order valence-corrected chi connectivity index (χ2v) is 6.12. The lowest BCUT2D eigenvalue weighted by Gasteiger charge is -2.27. The molecular formula is C19H19N5O3. The number of nitrogens with zero attached hydrogens (tertiary/aromatic N) is 4. The predicted molar refractivity (Wildman–Crippen MR) is 100 cm³/mol. The summed E-state index contributed by atoms with van der Waals surface area (Å²) in [5, 5.41) is 0.774. The minimum absolute atomic E-state index is 0.0565. The summed E-state index contributed by atoms with van der Waals surface area (Å²) in [6.07, 6.45) is 1.52. The number of anilines is 2. The largest absolute Gasteiger partial charge is 0.454 e. The van der Waals surface area contributed by atoms with Gasteiger partial charge >= 0.3 is 5.97 Å². The van der Waals surface area contributed by atoms with Crippen molar-refractivity contribution in [2.24, 2.45) is 0 Å². The summed E-state index contributed by atoms with van der Waals surface area (Å²) >= 11 is 0. The first kappa shape index (κ1) is 17.2. The van der Waals surface area contributed by atoms with E-state index in [1.165, 1.54) is 6.20 Å². The van der Waals surface area contributed by atoms with Crippen molar-refractivity contribution in [2.45, 2.75) is 6.61 Å². The maximum Gasteiger partial charge on any atom is 0.340 e. The van der Waals surface area contributed by atoms with Gasteiger partial charge in [-0.25, -0.2) is 19.7 Å². The second kappa shape index (κ2) is 7.55. The number of esters is 1. The molecule has 0 spiro atoms. The van der Waals surface area contributed by atoms with Crippen molar-refractivity contribution in [3.63, 3.8) is 0 Å². The number of para-hydroxylation sites is 1. The van der Waals surface area contributed by atoms with E-state index in [1.54, 1.807) is 6.07 Å². The number of aromatic nitrogens is 3. The quantitative estimate of drug-likeness (QED) is 0.698. The van der Waals surface area contributed by atoms with Crippen LogP contribution in [-0.2, 0) is 16.1 Å². The molecule has 0 amide bonds. The highest BCUT2D eigenvalue weighted by Crippen LogP contribution is 2.18. The smallest absolute Gasteiger partial charge is 0.340 e. The fourth-order valence-electron chi connectivity index (χ4n) is 2.92. The third-order valence-electron chi connectivity index (χ3n) is 4.33. The molecular weight excluding hydrogens is 346 g/mol. The summed E-state index contributed by atoms with van der Waals surface area (Å²) in [5.41, 5.74) is 7.04. The van der Waals surface area contributed by atoms with Crippen molar-refractivity contribution >= 4 is 28.5 Å². The van der Waals surface area contributed by atoms with Crippen LogP contribution in [0.4, 0.5) is 11.6 Å².